The molecule has 2 N–H and O–H groups in total. The molecule has 0 aliphatic heterocycles. The van der Waals surface area contributed by atoms with E-state index in [0.717, 1.165) is 0 Å². The Kier molecular flexibility index (Phi) is 2.17. The highest BCUT2D eigenvalue weighted by Gasteiger charge is 2.17. The number of benzene rings is 1. The predicted octanol–water partition coefficient (Wildman–Crippen LogP) is 1.31. The Balaban J connectivity index is 2.68. The van der Waals surface area contributed by atoms with Crippen LogP contribution in [-0.2, 0) is 0 Å². The Morgan fingerprint density at radius 1 is 1.47 bits per heavy atom. The van der Waals surface area contributed by atoms with Crippen LogP contribution in [0.3, 0.4) is 0 Å². The second-order valence-corrected chi connectivity index (χ2v) is 2.81. The monoisotopic (exact) mass is 207 g/mol. The summed E-state index contributed by atoms with van der Waals surface area (Å²) < 4.78 is 13.4. The van der Waals surface area contributed by atoms with Gasteiger partial charge in [-0.25, -0.2) is 9.18 Å². The molecule has 0 unspecified atom stereocenters. The molecule has 0 aliphatic carbocycles. The lowest BCUT2D eigenvalue weighted by Crippen LogP contribution is -2.02. The topological polar surface area (TPSA) is 78.9 Å². The Morgan fingerprint density at radius 2 is 2.27 bits per heavy atom. The molecule has 0 atom stereocenters. The van der Waals surface area contributed by atoms with Crippen molar-refractivity contribution >= 4 is 5.97 Å². The van der Waals surface area contributed by atoms with E-state index in [0.29, 0.717) is 0 Å². The van der Waals surface area contributed by atoms with Gasteiger partial charge in [0.15, 0.2) is 5.82 Å². The minimum Gasteiger partial charge on any atom is -0.478 e. The molecule has 6 heteroatoms. The normalized spacial score (nSPS) is 10.2. The number of nitrogens with zero attached hydrogens (tertiary/aromatic N) is 2. The maximum atomic E-state index is 13.4. The molecule has 2 aromatic rings. The third-order valence-corrected chi connectivity index (χ3v) is 1.90. The maximum Gasteiger partial charge on any atom is 0.336 e. The molecule has 15 heavy (non-hydrogen) atoms. The first-order chi connectivity index (χ1) is 7.20. The molecular weight excluding hydrogens is 201 g/mol. The number of carboxylic acids is 1. The zero-order valence-electron chi connectivity index (χ0n) is 7.44. The molecular formula is C9H6FN3O2. The number of carbonyl (C=O) groups is 1. The van der Waals surface area contributed by atoms with Crippen LogP contribution < -0.4 is 0 Å². The highest BCUT2D eigenvalue weighted by atomic mass is 19.1. The quantitative estimate of drug-likeness (QED) is 0.778. The van der Waals surface area contributed by atoms with Crippen LogP contribution in [0.25, 0.3) is 11.4 Å². The van der Waals surface area contributed by atoms with E-state index in [-0.39, 0.29) is 17.0 Å². The van der Waals surface area contributed by atoms with Crippen molar-refractivity contribution in [1.82, 2.24) is 15.2 Å². The van der Waals surface area contributed by atoms with Gasteiger partial charge in [-0.05, 0) is 12.1 Å². The standard InChI is InChI=1S/C9H6FN3O2/c10-6-3-1-2-5(9(14)15)7(6)8-11-4-12-13-8/h1-4H,(H,14,15)(H,11,12,13). The number of H-pyrrole nitrogens is 1. The number of carboxylic acid groups (broad SMARTS) is 1. The van der Waals surface area contributed by atoms with Gasteiger partial charge in [0.2, 0.25) is 0 Å². The Labute approximate surface area is 83.6 Å². The van der Waals surface area contributed by atoms with Gasteiger partial charge in [-0.3, -0.25) is 0 Å². The van der Waals surface area contributed by atoms with E-state index in [1.807, 2.05) is 0 Å². The molecule has 1 aromatic heterocycles. The lowest BCUT2D eigenvalue weighted by molar-refractivity contribution is 0.0697. The molecule has 0 bridgehead atoms. The molecule has 0 saturated heterocycles. The van der Waals surface area contributed by atoms with Crippen LogP contribution in [-0.4, -0.2) is 26.3 Å². The van der Waals surface area contributed by atoms with E-state index in [9.17, 15) is 9.18 Å². The van der Waals surface area contributed by atoms with Gasteiger partial charge in [0.25, 0.3) is 0 Å². The molecule has 0 fully saturated rings. The minimum absolute atomic E-state index is 0.0810. The first kappa shape index (κ1) is 9.32. The first-order valence-corrected chi connectivity index (χ1v) is 4.08. The Hall–Kier alpha value is -2.24. The Morgan fingerprint density at radius 3 is 2.87 bits per heavy atom. The minimum atomic E-state index is -1.21. The van der Waals surface area contributed by atoms with Crippen molar-refractivity contribution in [2.24, 2.45) is 0 Å². The third kappa shape index (κ3) is 1.56. The van der Waals surface area contributed by atoms with E-state index < -0.39 is 11.8 Å². The van der Waals surface area contributed by atoms with E-state index >= 15 is 0 Å². The highest BCUT2D eigenvalue weighted by molar-refractivity contribution is 5.95. The van der Waals surface area contributed by atoms with E-state index in [1.54, 1.807) is 0 Å². The van der Waals surface area contributed by atoms with Gasteiger partial charge in [-0.15, -0.1) is 10.2 Å². The van der Waals surface area contributed by atoms with Crippen LogP contribution in [0.4, 0.5) is 4.39 Å². The van der Waals surface area contributed by atoms with Crippen LogP contribution in [0, 0.1) is 5.82 Å². The molecule has 1 heterocycles. The predicted molar refractivity (Wildman–Crippen MR) is 48.7 cm³/mol. The summed E-state index contributed by atoms with van der Waals surface area (Å²) in [4.78, 5) is 13.4. The number of rotatable bonds is 2. The largest absolute Gasteiger partial charge is 0.478 e. The van der Waals surface area contributed by atoms with Crippen LogP contribution in [0.1, 0.15) is 10.4 Å². The summed E-state index contributed by atoms with van der Waals surface area (Å²) in [5, 5.41) is 15.9. The average molecular weight is 207 g/mol. The van der Waals surface area contributed by atoms with Gasteiger partial charge in [-0.1, -0.05) is 6.07 Å². The Bertz CT molecular complexity index is 496. The zero-order valence-corrected chi connectivity index (χ0v) is 7.44. The van der Waals surface area contributed by atoms with E-state index in [1.165, 1.54) is 24.5 Å². The molecule has 0 aliphatic rings. The first-order valence-electron chi connectivity index (χ1n) is 4.08. The van der Waals surface area contributed by atoms with Gasteiger partial charge in [0, 0.05) is 0 Å². The number of aromatic amines is 1. The summed E-state index contributed by atoms with van der Waals surface area (Å²) in [6.07, 6.45) is 1.26. The molecule has 5 nitrogen and oxygen atoms in total. The summed E-state index contributed by atoms with van der Waals surface area (Å²) in [6.45, 7) is 0. The SMILES string of the molecule is O=C(O)c1cccc(F)c1-c1nnc[nH]1. The number of halogens is 1. The number of hydrogen-bond acceptors (Lipinski definition) is 3. The summed E-state index contributed by atoms with van der Waals surface area (Å²) >= 11 is 0. The molecule has 76 valence electrons. The number of aromatic nitrogens is 3. The fourth-order valence-corrected chi connectivity index (χ4v) is 1.27. The van der Waals surface area contributed by atoms with E-state index in [4.69, 9.17) is 5.11 Å². The van der Waals surface area contributed by atoms with Gasteiger partial charge >= 0.3 is 5.97 Å². The molecule has 0 radical (unpaired) electrons. The van der Waals surface area contributed by atoms with Crippen LogP contribution in [0.2, 0.25) is 0 Å². The fourth-order valence-electron chi connectivity index (χ4n) is 1.27. The average Bonchev–Trinajstić information content (AvgIpc) is 2.70. The summed E-state index contributed by atoms with van der Waals surface area (Å²) in [5.41, 5.74) is -0.228. The van der Waals surface area contributed by atoms with Crippen molar-refractivity contribution in [2.75, 3.05) is 0 Å². The molecule has 0 amide bonds. The second kappa shape index (κ2) is 3.49. The van der Waals surface area contributed by atoms with Crippen molar-refractivity contribution in [3.63, 3.8) is 0 Å². The van der Waals surface area contributed by atoms with Gasteiger partial charge in [0.05, 0.1) is 11.1 Å². The zero-order chi connectivity index (χ0) is 10.8. The van der Waals surface area contributed by atoms with Crippen LogP contribution in [0.5, 0.6) is 0 Å². The molecule has 0 spiro atoms. The number of aromatic carboxylic acids is 1. The summed E-state index contributed by atoms with van der Waals surface area (Å²) in [6, 6.07) is 3.81. The van der Waals surface area contributed by atoms with Crippen molar-refractivity contribution in [1.29, 1.82) is 0 Å². The smallest absolute Gasteiger partial charge is 0.336 e. The van der Waals surface area contributed by atoms with Gasteiger partial charge in [0.1, 0.15) is 12.1 Å². The number of hydrogen-bond donors (Lipinski definition) is 2. The second-order valence-electron chi connectivity index (χ2n) is 2.81. The summed E-state index contributed by atoms with van der Waals surface area (Å²) in [5.74, 6) is -1.75. The van der Waals surface area contributed by atoms with Gasteiger partial charge in [-0.2, -0.15) is 0 Å². The lowest BCUT2D eigenvalue weighted by Gasteiger charge is -2.03. The van der Waals surface area contributed by atoms with Crippen molar-refractivity contribution in [3.8, 4) is 11.4 Å². The maximum absolute atomic E-state index is 13.4. The fraction of sp³-hybridized carbons (Fsp3) is 0. The molecule has 2 rings (SSSR count). The molecule has 1 aromatic carbocycles. The summed E-state index contributed by atoms with van der Waals surface area (Å²) in [7, 11) is 0. The van der Waals surface area contributed by atoms with Crippen molar-refractivity contribution in [2.45, 2.75) is 0 Å². The van der Waals surface area contributed by atoms with Crippen molar-refractivity contribution in [3.05, 3.63) is 35.9 Å². The number of nitrogens with one attached hydrogen (secondary N) is 1. The van der Waals surface area contributed by atoms with E-state index in [2.05, 4.69) is 15.2 Å². The lowest BCUT2D eigenvalue weighted by atomic mass is 10.1. The van der Waals surface area contributed by atoms with Crippen molar-refractivity contribution < 1.29 is 14.3 Å². The van der Waals surface area contributed by atoms with Crippen LogP contribution >= 0.6 is 0 Å². The third-order valence-electron chi connectivity index (χ3n) is 1.90. The highest BCUT2D eigenvalue weighted by Crippen LogP contribution is 2.23. The van der Waals surface area contributed by atoms with Crippen LogP contribution in [0.15, 0.2) is 24.5 Å². The molecule has 0 saturated carbocycles. The van der Waals surface area contributed by atoms with Gasteiger partial charge < -0.3 is 10.1 Å².